The van der Waals surface area contributed by atoms with E-state index in [1.54, 1.807) is 67.6 Å². The molecule has 0 radical (unpaired) electrons. The van der Waals surface area contributed by atoms with Crippen molar-refractivity contribution in [2.75, 3.05) is 29.4 Å². The standard InChI is InChI=1S/C30H29N3O5S2/c1-2-33(24-11-5-3-6-12-24)40(35,36)26-19-17-23(18-20-26)31-30(39)32-29(34)27-15-9-10-16-28(27)38-22-21-37-25-13-7-4-8-14-25/h3-20H,2,21-22H2,1H3,(H2,31,32,34,39). The fourth-order valence-electron chi connectivity index (χ4n) is 3.86. The number of ether oxygens (including phenoxy) is 2. The van der Waals surface area contributed by atoms with Gasteiger partial charge in [-0.3, -0.25) is 14.4 Å². The number of nitrogens with one attached hydrogen (secondary N) is 2. The summed E-state index contributed by atoms with van der Waals surface area (Å²) in [5, 5.41) is 5.61. The van der Waals surface area contributed by atoms with Crippen molar-refractivity contribution in [1.82, 2.24) is 5.32 Å². The number of carbonyl (C=O) groups excluding carboxylic acids is 1. The smallest absolute Gasteiger partial charge is 0.264 e. The first-order valence-corrected chi connectivity index (χ1v) is 14.4. The van der Waals surface area contributed by atoms with E-state index >= 15 is 0 Å². The number of rotatable bonds is 11. The molecule has 1 amide bonds. The van der Waals surface area contributed by atoms with E-state index in [4.69, 9.17) is 21.7 Å². The molecule has 4 rings (SSSR count). The molecule has 0 heterocycles. The average Bonchev–Trinajstić information content (AvgIpc) is 2.97. The average molecular weight is 576 g/mol. The Bertz CT molecular complexity index is 1530. The van der Waals surface area contributed by atoms with Gasteiger partial charge in [-0.2, -0.15) is 0 Å². The zero-order valence-corrected chi connectivity index (χ0v) is 23.5. The Morgan fingerprint density at radius 3 is 2.08 bits per heavy atom. The number of amides is 1. The zero-order chi connectivity index (χ0) is 28.4. The van der Waals surface area contributed by atoms with Crippen LogP contribution in [0.2, 0.25) is 0 Å². The van der Waals surface area contributed by atoms with E-state index in [9.17, 15) is 13.2 Å². The van der Waals surface area contributed by atoms with E-state index in [-0.39, 0.29) is 23.2 Å². The monoisotopic (exact) mass is 575 g/mol. The first kappa shape index (κ1) is 28.6. The van der Waals surface area contributed by atoms with Crippen LogP contribution in [0, 0.1) is 0 Å². The molecule has 206 valence electrons. The summed E-state index contributed by atoms with van der Waals surface area (Å²) in [6.07, 6.45) is 0. The Morgan fingerprint density at radius 1 is 0.800 bits per heavy atom. The summed E-state index contributed by atoms with van der Waals surface area (Å²) in [5.41, 5.74) is 1.42. The third-order valence-corrected chi connectivity index (χ3v) is 7.86. The van der Waals surface area contributed by atoms with Gasteiger partial charge in [0.05, 0.1) is 16.1 Å². The molecule has 8 nitrogen and oxygen atoms in total. The number of sulfonamides is 1. The van der Waals surface area contributed by atoms with Gasteiger partial charge in [0.1, 0.15) is 24.7 Å². The van der Waals surface area contributed by atoms with Gasteiger partial charge in [-0.05, 0) is 79.8 Å². The van der Waals surface area contributed by atoms with Gasteiger partial charge >= 0.3 is 0 Å². The predicted octanol–water partition coefficient (Wildman–Crippen LogP) is 5.49. The normalized spacial score (nSPS) is 10.8. The SMILES string of the molecule is CCN(c1ccccc1)S(=O)(=O)c1ccc(NC(=S)NC(=O)c2ccccc2OCCOc2ccccc2)cc1. The molecule has 0 aliphatic heterocycles. The maximum absolute atomic E-state index is 13.2. The number of hydrogen-bond acceptors (Lipinski definition) is 6. The summed E-state index contributed by atoms with van der Waals surface area (Å²) < 4.78 is 39.2. The summed E-state index contributed by atoms with van der Waals surface area (Å²) in [7, 11) is -3.75. The minimum Gasteiger partial charge on any atom is -0.490 e. The minimum atomic E-state index is -3.75. The maximum Gasteiger partial charge on any atom is 0.264 e. The summed E-state index contributed by atoms with van der Waals surface area (Å²) in [4.78, 5) is 13.1. The number of hydrogen-bond donors (Lipinski definition) is 2. The minimum absolute atomic E-state index is 0.0577. The number of nitrogens with zero attached hydrogens (tertiary/aromatic N) is 1. The molecule has 0 aromatic heterocycles. The van der Waals surface area contributed by atoms with Crippen molar-refractivity contribution in [2.24, 2.45) is 0 Å². The van der Waals surface area contributed by atoms with Gasteiger partial charge in [0.15, 0.2) is 5.11 Å². The quantitative estimate of drug-likeness (QED) is 0.180. The molecule has 2 N–H and O–H groups in total. The lowest BCUT2D eigenvalue weighted by Gasteiger charge is -2.23. The molecule has 0 bridgehead atoms. The fraction of sp³-hybridized carbons (Fsp3) is 0.133. The predicted molar refractivity (Wildman–Crippen MR) is 161 cm³/mol. The largest absolute Gasteiger partial charge is 0.490 e. The second kappa shape index (κ2) is 13.6. The van der Waals surface area contributed by atoms with Gasteiger partial charge in [-0.15, -0.1) is 0 Å². The third kappa shape index (κ3) is 7.37. The summed E-state index contributed by atoms with van der Waals surface area (Å²) in [6.45, 7) is 2.63. The van der Waals surface area contributed by atoms with E-state index in [2.05, 4.69) is 10.6 Å². The van der Waals surface area contributed by atoms with Gasteiger partial charge in [0.25, 0.3) is 15.9 Å². The number of thiocarbonyl (C=S) groups is 1. The first-order chi connectivity index (χ1) is 19.4. The molecule has 4 aromatic carbocycles. The number of para-hydroxylation sites is 3. The van der Waals surface area contributed by atoms with Crippen LogP contribution < -0.4 is 24.4 Å². The van der Waals surface area contributed by atoms with Crippen LogP contribution in [0.15, 0.2) is 114 Å². The molecule has 10 heteroatoms. The molecule has 0 unspecified atom stereocenters. The maximum atomic E-state index is 13.2. The molecule has 0 fully saturated rings. The molecular formula is C30H29N3O5S2. The van der Waals surface area contributed by atoms with E-state index in [1.807, 2.05) is 36.4 Å². The Balaban J connectivity index is 1.34. The van der Waals surface area contributed by atoms with Crippen molar-refractivity contribution in [2.45, 2.75) is 11.8 Å². The van der Waals surface area contributed by atoms with E-state index in [0.717, 1.165) is 5.75 Å². The third-order valence-electron chi connectivity index (χ3n) is 5.74. The van der Waals surface area contributed by atoms with Gasteiger partial charge in [0.2, 0.25) is 0 Å². The number of anilines is 2. The summed E-state index contributed by atoms with van der Waals surface area (Å²) >= 11 is 5.32. The first-order valence-electron chi connectivity index (χ1n) is 12.6. The Labute approximate surface area is 239 Å². The van der Waals surface area contributed by atoms with Crippen LogP contribution in [0.25, 0.3) is 0 Å². The van der Waals surface area contributed by atoms with Gasteiger partial charge < -0.3 is 14.8 Å². The second-order valence-corrected chi connectivity index (χ2v) is 10.7. The van der Waals surface area contributed by atoms with Crippen LogP contribution in [-0.4, -0.2) is 39.2 Å². The van der Waals surface area contributed by atoms with Crippen molar-refractivity contribution >= 4 is 44.6 Å². The molecule has 0 aliphatic rings. The van der Waals surface area contributed by atoms with Crippen LogP contribution in [0.1, 0.15) is 17.3 Å². The fourth-order valence-corrected chi connectivity index (χ4v) is 5.55. The van der Waals surface area contributed by atoms with Crippen molar-refractivity contribution in [1.29, 1.82) is 0 Å². The van der Waals surface area contributed by atoms with Crippen LogP contribution in [0.4, 0.5) is 11.4 Å². The molecule has 0 atom stereocenters. The van der Waals surface area contributed by atoms with Crippen LogP contribution in [0.5, 0.6) is 11.5 Å². The number of benzene rings is 4. The Kier molecular flexibility index (Phi) is 9.71. The molecular weight excluding hydrogens is 546 g/mol. The van der Waals surface area contributed by atoms with Crippen molar-refractivity contribution in [3.8, 4) is 11.5 Å². The van der Waals surface area contributed by atoms with Crippen molar-refractivity contribution < 1.29 is 22.7 Å². The van der Waals surface area contributed by atoms with E-state index < -0.39 is 15.9 Å². The lowest BCUT2D eigenvalue weighted by atomic mass is 10.2. The topological polar surface area (TPSA) is 97.0 Å². The van der Waals surface area contributed by atoms with E-state index in [0.29, 0.717) is 29.3 Å². The molecule has 40 heavy (non-hydrogen) atoms. The second-order valence-electron chi connectivity index (χ2n) is 8.44. The number of carbonyl (C=O) groups is 1. The van der Waals surface area contributed by atoms with Gasteiger partial charge in [0, 0.05) is 12.2 Å². The van der Waals surface area contributed by atoms with E-state index in [1.165, 1.54) is 16.4 Å². The highest BCUT2D eigenvalue weighted by Crippen LogP contribution is 2.24. The zero-order valence-electron chi connectivity index (χ0n) is 21.8. The summed E-state index contributed by atoms with van der Waals surface area (Å²) in [5.74, 6) is 0.684. The summed E-state index contributed by atoms with van der Waals surface area (Å²) in [6, 6.07) is 31.3. The highest BCUT2D eigenvalue weighted by Gasteiger charge is 2.23. The van der Waals surface area contributed by atoms with Gasteiger partial charge in [-0.25, -0.2) is 8.42 Å². The Morgan fingerprint density at radius 2 is 1.40 bits per heavy atom. The molecule has 0 aliphatic carbocycles. The highest BCUT2D eigenvalue weighted by molar-refractivity contribution is 7.92. The molecule has 0 saturated carbocycles. The van der Waals surface area contributed by atoms with Crippen LogP contribution in [0.3, 0.4) is 0 Å². The molecule has 0 saturated heterocycles. The molecule has 0 spiro atoms. The lowest BCUT2D eigenvalue weighted by Crippen LogP contribution is -2.34. The molecule has 4 aromatic rings. The van der Waals surface area contributed by atoms with Crippen LogP contribution >= 0.6 is 12.2 Å². The Hall–Kier alpha value is -4.41. The highest BCUT2D eigenvalue weighted by atomic mass is 32.2. The lowest BCUT2D eigenvalue weighted by molar-refractivity contribution is 0.0972. The van der Waals surface area contributed by atoms with Crippen molar-refractivity contribution in [3.63, 3.8) is 0 Å². The van der Waals surface area contributed by atoms with Crippen LogP contribution in [-0.2, 0) is 10.0 Å². The van der Waals surface area contributed by atoms with Crippen molar-refractivity contribution in [3.05, 3.63) is 115 Å². The van der Waals surface area contributed by atoms with Gasteiger partial charge in [-0.1, -0.05) is 48.5 Å².